The van der Waals surface area contributed by atoms with Gasteiger partial charge in [-0.1, -0.05) is 70.6 Å². The fourth-order valence-corrected chi connectivity index (χ4v) is 2.86. The number of rotatable bonds is 6. The van der Waals surface area contributed by atoms with Gasteiger partial charge in [0.2, 0.25) is 0 Å². The van der Waals surface area contributed by atoms with Gasteiger partial charge < -0.3 is 4.74 Å². The van der Waals surface area contributed by atoms with Gasteiger partial charge in [0.15, 0.2) is 0 Å². The highest BCUT2D eigenvalue weighted by atomic mass is 127. The Morgan fingerprint density at radius 2 is 1.88 bits per heavy atom. The van der Waals surface area contributed by atoms with Crippen molar-refractivity contribution < 1.29 is 4.74 Å². The van der Waals surface area contributed by atoms with Crippen LogP contribution in [0.15, 0.2) is 28.7 Å². The van der Waals surface area contributed by atoms with Gasteiger partial charge in [0, 0.05) is 8.90 Å². The molecule has 0 aliphatic heterocycles. The summed E-state index contributed by atoms with van der Waals surface area (Å²) in [4.78, 5) is 0. The third-order valence-electron chi connectivity index (χ3n) is 2.66. The maximum atomic E-state index is 6.13. The fourth-order valence-electron chi connectivity index (χ4n) is 1.64. The standard InChI is InChI=1S/C13H18BrIO/c1-3-10(4-2)16-13(9-15)11-7-5-6-8-12(11)14/h5-8,10,13H,3-4,9H2,1-2H3. The van der Waals surface area contributed by atoms with Crippen molar-refractivity contribution in [3.05, 3.63) is 34.3 Å². The maximum absolute atomic E-state index is 6.13. The minimum atomic E-state index is 0.195. The van der Waals surface area contributed by atoms with Crippen LogP contribution in [0.1, 0.15) is 38.4 Å². The molecule has 0 N–H and O–H groups in total. The van der Waals surface area contributed by atoms with Crippen LogP contribution in [-0.4, -0.2) is 10.5 Å². The highest BCUT2D eigenvalue weighted by Crippen LogP contribution is 2.29. The third kappa shape index (κ3) is 4.00. The first kappa shape index (κ1) is 14.5. The highest BCUT2D eigenvalue weighted by molar-refractivity contribution is 14.1. The molecule has 0 aromatic heterocycles. The van der Waals surface area contributed by atoms with Crippen molar-refractivity contribution in [1.29, 1.82) is 0 Å². The molecule has 0 aliphatic rings. The number of alkyl halides is 1. The number of ether oxygens (including phenoxy) is 1. The van der Waals surface area contributed by atoms with Gasteiger partial charge in [-0.2, -0.15) is 0 Å². The number of benzene rings is 1. The van der Waals surface area contributed by atoms with Crippen molar-refractivity contribution in [3.8, 4) is 0 Å². The molecule has 1 unspecified atom stereocenters. The molecule has 1 aromatic rings. The van der Waals surface area contributed by atoms with E-state index in [1.54, 1.807) is 0 Å². The minimum absolute atomic E-state index is 0.195. The summed E-state index contributed by atoms with van der Waals surface area (Å²) < 4.78 is 8.25. The lowest BCUT2D eigenvalue weighted by atomic mass is 10.1. The molecule has 16 heavy (non-hydrogen) atoms. The molecule has 0 heterocycles. The van der Waals surface area contributed by atoms with E-state index in [-0.39, 0.29) is 6.10 Å². The van der Waals surface area contributed by atoms with Crippen LogP contribution in [0.4, 0.5) is 0 Å². The first-order valence-corrected chi connectivity index (χ1v) is 8.00. The van der Waals surface area contributed by atoms with Crippen LogP contribution in [0.3, 0.4) is 0 Å². The molecule has 0 radical (unpaired) electrons. The summed E-state index contributed by atoms with van der Waals surface area (Å²) in [7, 11) is 0. The van der Waals surface area contributed by atoms with Crippen LogP contribution in [0.25, 0.3) is 0 Å². The van der Waals surface area contributed by atoms with E-state index in [1.165, 1.54) is 5.56 Å². The normalized spacial score (nSPS) is 13.1. The summed E-state index contributed by atoms with van der Waals surface area (Å²) >= 11 is 5.98. The van der Waals surface area contributed by atoms with Crippen LogP contribution in [0.5, 0.6) is 0 Å². The van der Waals surface area contributed by atoms with Crippen molar-refractivity contribution in [3.63, 3.8) is 0 Å². The topological polar surface area (TPSA) is 9.23 Å². The largest absolute Gasteiger partial charge is 0.369 e. The molecule has 1 nitrogen and oxygen atoms in total. The van der Waals surface area contributed by atoms with E-state index >= 15 is 0 Å². The van der Waals surface area contributed by atoms with Gasteiger partial charge in [0.25, 0.3) is 0 Å². The SMILES string of the molecule is CCC(CC)OC(CI)c1ccccc1Br. The molecule has 0 fully saturated rings. The quantitative estimate of drug-likeness (QED) is 0.478. The summed E-state index contributed by atoms with van der Waals surface area (Å²) in [6.45, 7) is 4.36. The summed E-state index contributed by atoms with van der Waals surface area (Å²) in [5.74, 6) is 0. The lowest BCUT2D eigenvalue weighted by molar-refractivity contribution is -0.00339. The van der Waals surface area contributed by atoms with Crippen molar-refractivity contribution >= 4 is 38.5 Å². The molecule has 1 atom stereocenters. The van der Waals surface area contributed by atoms with Gasteiger partial charge in [0.05, 0.1) is 12.2 Å². The Hall–Kier alpha value is 0.390. The zero-order valence-electron chi connectivity index (χ0n) is 9.75. The van der Waals surface area contributed by atoms with E-state index in [0.717, 1.165) is 21.7 Å². The summed E-state index contributed by atoms with van der Waals surface area (Å²) in [6, 6.07) is 8.31. The Kier molecular flexibility index (Phi) is 6.92. The first-order chi connectivity index (χ1) is 7.72. The lowest BCUT2D eigenvalue weighted by Gasteiger charge is -2.23. The van der Waals surface area contributed by atoms with E-state index in [9.17, 15) is 0 Å². The molecular formula is C13H18BrIO. The fraction of sp³-hybridized carbons (Fsp3) is 0.538. The molecule has 3 heteroatoms. The zero-order valence-corrected chi connectivity index (χ0v) is 13.5. The van der Waals surface area contributed by atoms with Gasteiger partial charge in [-0.15, -0.1) is 0 Å². The van der Waals surface area contributed by atoms with E-state index < -0.39 is 0 Å². The zero-order chi connectivity index (χ0) is 12.0. The highest BCUT2D eigenvalue weighted by Gasteiger charge is 2.17. The van der Waals surface area contributed by atoms with Crippen LogP contribution < -0.4 is 0 Å². The van der Waals surface area contributed by atoms with Crippen molar-refractivity contribution in [2.45, 2.75) is 38.9 Å². The van der Waals surface area contributed by atoms with Gasteiger partial charge in [0.1, 0.15) is 0 Å². The van der Waals surface area contributed by atoms with Crippen LogP contribution >= 0.6 is 38.5 Å². The van der Waals surface area contributed by atoms with Crippen molar-refractivity contribution in [2.75, 3.05) is 4.43 Å². The number of halogens is 2. The van der Waals surface area contributed by atoms with Crippen molar-refractivity contribution in [1.82, 2.24) is 0 Å². The monoisotopic (exact) mass is 396 g/mol. The summed E-state index contributed by atoms with van der Waals surface area (Å²) in [6.07, 6.45) is 2.72. The molecule has 0 saturated carbocycles. The molecular weight excluding hydrogens is 379 g/mol. The second-order valence-corrected chi connectivity index (χ2v) is 5.47. The molecule has 0 spiro atoms. The van der Waals surface area contributed by atoms with Crippen LogP contribution in [0, 0.1) is 0 Å². The van der Waals surface area contributed by atoms with Crippen molar-refractivity contribution in [2.24, 2.45) is 0 Å². The Labute approximate surface area is 120 Å². The molecule has 0 amide bonds. The Balaban J connectivity index is 2.78. The predicted octanol–water partition coefficient (Wildman–Crippen LogP) is 5.13. The molecule has 0 saturated heterocycles. The third-order valence-corrected chi connectivity index (χ3v) is 4.18. The van der Waals surface area contributed by atoms with E-state index in [1.807, 2.05) is 6.07 Å². The van der Waals surface area contributed by atoms with Crippen LogP contribution in [-0.2, 0) is 4.74 Å². The average molecular weight is 397 g/mol. The molecule has 90 valence electrons. The van der Waals surface area contributed by atoms with E-state index in [2.05, 4.69) is 70.6 Å². The lowest BCUT2D eigenvalue weighted by Crippen LogP contribution is -2.16. The summed E-state index contributed by atoms with van der Waals surface area (Å²) in [5, 5.41) is 0. The number of hydrogen-bond acceptors (Lipinski definition) is 1. The average Bonchev–Trinajstić information content (AvgIpc) is 2.32. The van der Waals surface area contributed by atoms with Gasteiger partial charge >= 0.3 is 0 Å². The second-order valence-electron chi connectivity index (χ2n) is 3.74. The second kappa shape index (κ2) is 7.67. The smallest absolute Gasteiger partial charge is 0.0928 e. The molecule has 0 bridgehead atoms. The van der Waals surface area contributed by atoms with Gasteiger partial charge in [-0.3, -0.25) is 0 Å². The predicted molar refractivity (Wildman–Crippen MR) is 81.2 cm³/mol. The Morgan fingerprint density at radius 3 is 2.38 bits per heavy atom. The minimum Gasteiger partial charge on any atom is -0.369 e. The van der Waals surface area contributed by atoms with E-state index in [0.29, 0.717) is 6.10 Å². The molecule has 0 aliphatic carbocycles. The van der Waals surface area contributed by atoms with Crippen LogP contribution in [0.2, 0.25) is 0 Å². The van der Waals surface area contributed by atoms with E-state index in [4.69, 9.17) is 4.74 Å². The molecule has 1 rings (SSSR count). The first-order valence-electron chi connectivity index (χ1n) is 5.68. The molecule has 1 aromatic carbocycles. The van der Waals surface area contributed by atoms with Gasteiger partial charge in [-0.25, -0.2) is 0 Å². The van der Waals surface area contributed by atoms with Gasteiger partial charge in [-0.05, 0) is 24.5 Å². The number of hydrogen-bond donors (Lipinski definition) is 0. The summed E-state index contributed by atoms with van der Waals surface area (Å²) in [5.41, 5.74) is 1.25. The Morgan fingerprint density at radius 1 is 1.25 bits per heavy atom. The maximum Gasteiger partial charge on any atom is 0.0928 e. The Bertz CT molecular complexity index is 313.